The van der Waals surface area contributed by atoms with Crippen LogP contribution in [0.25, 0.3) is 0 Å². The fourth-order valence-corrected chi connectivity index (χ4v) is 3.34. The van der Waals surface area contributed by atoms with Crippen molar-refractivity contribution in [2.45, 2.75) is 53.1 Å². The second-order valence-corrected chi connectivity index (χ2v) is 6.79. The number of halogens is 1. The van der Waals surface area contributed by atoms with Crippen LogP contribution in [-0.4, -0.2) is 16.3 Å². The molecule has 0 bridgehead atoms. The van der Waals surface area contributed by atoms with Crippen LogP contribution in [0.1, 0.15) is 52.3 Å². The molecule has 1 fully saturated rings. The summed E-state index contributed by atoms with van der Waals surface area (Å²) in [6.07, 6.45) is 4.35. The van der Waals surface area contributed by atoms with Gasteiger partial charge in [-0.15, -0.1) is 0 Å². The maximum atomic E-state index is 4.50. The lowest BCUT2D eigenvalue weighted by Gasteiger charge is -2.21. The summed E-state index contributed by atoms with van der Waals surface area (Å²) in [7, 11) is 0. The normalized spacial score (nSPS) is 23.1. The molecule has 1 aliphatic rings. The predicted molar refractivity (Wildman–Crippen MR) is 78.5 cm³/mol. The van der Waals surface area contributed by atoms with Gasteiger partial charge in [0.2, 0.25) is 0 Å². The summed E-state index contributed by atoms with van der Waals surface area (Å²) in [5.74, 6) is 0.723. The molecule has 1 heterocycles. The largest absolute Gasteiger partial charge is 0.309 e. The third-order valence-corrected chi connectivity index (χ3v) is 4.59. The molecule has 1 aliphatic carbocycles. The molecule has 0 aliphatic heterocycles. The van der Waals surface area contributed by atoms with Gasteiger partial charge in [-0.3, -0.25) is 4.68 Å². The van der Waals surface area contributed by atoms with Gasteiger partial charge in [-0.1, -0.05) is 27.7 Å². The number of aryl methyl sites for hydroxylation is 1. The highest BCUT2D eigenvalue weighted by molar-refractivity contribution is 9.10. The van der Waals surface area contributed by atoms with Crippen LogP contribution in [-0.2, 0) is 6.54 Å². The molecule has 1 aromatic heterocycles. The summed E-state index contributed by atoms with van der Waals surface area (Å²) in [5.41, 5.74) is 1.79. The lowest BCUT2D eigenvalue weighted by Crippen LogP contribution is -2.27. The standard InChI is InChI=1S/C14H24BrN3/c1-5-7-18-13(11(15)9-17-18)12(16-6-2)10-8-14(10,3)4/h9-10,12,16H,5-8H2,1-4H3. The first-order valence-electron chi connectivity index (χ1n) is 6.95. The van der Waals surface area contributed by atoms with E-state index < -0.39 is 0 Å². The van der Waals surface area contributed by atoms with Gasteiger partial charge in [-0.2, -0.15) is 5.10 Å². The van der Waals surface area contributed by atoms with Crippen molar-refractivity contribution in [1.82, 2.24) is 15.1 Å². The molecule has 1 saturated carbocycles. The SMILES string of the molecule is CCCn1ncc(Br)c1C(NCC)C1CC1(C)C. The fourth-order valence-electron chi connectivity index (χ4n) is 2.80. The molecule has 4 heteroatoms. The molecule has 3 nitrogen and oxygen atoms in total. The zero-order valence-electron chi connectivity index (χ0n) is 11.8. The molecule has 0 radical (unpaired) electrons. The number of hydrogen-bond donors (Lipinski definition) is 1. The van der Waals surface area contributed by atoms with Crippen molar-refractivity contribution < 1.29 is 0 Å². The number of nitrogens with zero attached hydrogens (tertiary/aromatic N) is 2. The van der Waals surface area contributed by atoms with Crippen LogP contribution in [0.3, 0.4) is 0 Å². The Kier molecular flexibility index (Phi) is 4.17. The Balaban J connectivity index is 2.28. The first kappa shape index (κ1) is 14.1. The number of hydrogen-bond acceptors (Lipinski definition) is 2. The van der Waals surface area contributed by atoms with E-state index in [4.69, 9.17) is 0 Å². The summed E-state index contributed by atoms with van der Waals surface area (Å²) in [5, 5.41) is 8.15. The molecule has 18 heavy (non-hydrogen) atoms. The van der Waals surface area contributed by atoms with Gasteiger partial charge >= 0.3 is 0 Å². The Morgan fingerprint density at radius 3 is 2.72 bits per heavy atom. The average Bonchev–Trinajstić information content (AvgIpc) is 2.78. The van der Waals surface area contributed by atoms with Crippen molar-refractivity contribution in [1.29, 1.82) is 0 Å². The molecule has 102 valence electrons. The van der Waals surface area contributed by atoms with Gasteiger partial charge in [-0.05, 0) is 46.6 Å². The molecule has 2 unspecified atom stereocenters. The molecular weight excluding hydrogens is 290 g/mol. The van der Waals surface area contributed by atoms with E-state index in [1.807, 2.05) is 6.20 Å². The van der Waals surface area contributed by atoms with E-state index in [-0.39, 0.29) is 0 Å². The maximum absolute atomic E-state index is 4.50. The average molecular weight is 314 g/mol. The van der Waals surface area contributed by atoms with Crippen LogP contribution in [0.2, 0.25) is 0 Å². The summed E-state index contributed by atoms with van der Waals surface area (Å²) in [4.78, 5) is 0. The van der Waals surface area contributed by atoms with Gasteiger partial charge in [0.25, 0.3) is 0 Å². The van der Waals surface area contributed by atoms with E-state index in [2.05, 4.69) is 58.7 Å². The molecule has 0 spiro atoms. The Morgan fingerprint density at radius 1 is 1.56 bits per heavy atom. The fraction of sp³-hybridized carbons (Fsp3) is 0.786. The molecular formula is C14H24BrN3. The van der Waals surface area contributed by atoms with Crippen LogP contribution in [0.5, 0.6) is 0 Å². The zero-order valence-corrected chi connectivity index (χ0v) is 13.4. The molecule has 0 aromatic carbocycles. The maximum Gasteiger partial charge on any atom is 0.0698 e. The minimum absolute atomic E-state index is 0.424. The smallest absolute Gasteiger partial charge is 0.0698 e. The Hall–Kier alpha value is -0.350. The van der Waals surface area contributed by atoms with Gasteiger partial charge in [-0.25, -0.2) is 0 Å². The van der Waals surface area contributed by atoms with Gasteiger partial charge < -0.3 is 5.32 Å². The lowest BCUT2D eigenvalue weighted by atomic mass is 10.0. The lowest BCUT2D eigenvalue weighted by molar-refractivity contribution is 0.392. The number of aromatic nitrogens is 2. The molecule has 2 atom stereocenters. The van der Waals surface area contributed by atoms with E-state index in [0.717, 1.165) is 29.9 Å². The van der Waals surface area contributed by atoms with Gasteiger partial charge in [0.1, 0.15) is 0 Å². The Labute approximate surface area is 118 Å². The molecule has 1 N–H and O–H groups in total. The van der Waals surface area contributed by atoms with E-state index >= 15 is 0 Å². The number of nitrogens with one attached hydrogen (secondary N) is 1. The first-order chi connectivity index (χ1) is 8.51. The molecule has 0 amide bonds. The topological polar surface area (TPSA) is 29.9 Å². The molecule has 1 aromatic rings. The highest BCUT2D eigenvalue weighted by Crippen LogP contribution is 2.58. The van der Waals surface area contributed by atoms with E-state index in [9.17, 15) is 0 Å². The van der Waals surface area contributed by atoms with E-state index in [1.165, 1.54) is 12.1 Å². The Morgan fingerprint density at radius 2 is 2.22 bits per heavy atom. The van der Waals surface area contributed by atoms with Crippen LogP contribution in [0.4, 0.5) is 0 Å². The van der Waals surface area contributed by atoms with Gasteiger partial charge in [0.05, 0.1) is 22.4 Å². The third-order valence-electron chi connectivity index (χ3n) is 3.98. The van der Waals surface area contributed by atoms with E-state index in [0.29, 0.717) is 11.5 Å². The van der Waals surface area contributed by atoms with Gasteiger partial charge in [0, 0.05) is 6.54 Å². The van der Waals surface area contributed by atoms with Crippen molar-refractivity contribution >= 4 is 15.9 Å². The van der Waals surface area contributed by atoms with Crippen molar-refractivity contribution in [2.75, 3.05) is 6.54 Å². The van der Waals surface area contributed by atoms with Crippen molar-refractivity contribution in [3.63, 3.8) is 0 Å². The number of rotatable bonds is 6. The van der Waals surface area contributed by atoms with Crippen LogP contribution >= 0.6 is 15.9 Å². The zero-order chi connectivity index (χ0) is 13.3. The van der Waals surface area contributed by atoms with E-state index in [1.54, 1.807) is 0 Å². The second kappa shape index (κ2) is 5.33. The molecule has 0 saturated heterocycles. The summed E-state index contributed by atoms with van der Waals surface area (Å²) in [6.45, 7) is 11.1. The van der Waals surface area contributed by atoms with Crippen molar-refractivity contribution in [3.05, 3.63) is 16.4 Å². The first-order valence-corrected chi connectivity index (χ1v) is 7.75. The highest BCUT2D eigenvalue weighted by atomic mass is 79.9. The summed E-state index contributed by atoms with van der Waals surface area (Å²) >= 11 is 3.67. The van der Waals surface area contributed by atoms with Crippen LogP contribution in [0, 0.1) is 11.3 Å². The quantitative estimate of drug-likeness (QED) is 0.866. The van der Waals surface area contributed by atoms with Crippen molar-refractivity contribution in [3.8, 4) is 0 Å². The third kappa shape index (κ3) is 2.64. The minimum Gasteiger partial charge on any atom is -0.309 e. The second-order valence-electron chi connectivity index (χ2n) is 5.94. The summed E-state index contributed by atoms with van der Waals surface area (Å²) in [6, 6.07) is 0.424. The monoisotopic (exact) mass is 313 g/mol. The van der Waals surface area contributed by atoms with Crippen molar-refractivity contribution in [2.24, 2.45) is 11.3 Å². The summed E-state index contributed by atoms with van der Waals surface area (Å²) < 4.78 is 3.30. The highest BCUT2D eigenvalue weighted by Gasteiger charge is 2.51. The van der Waals surface area contributed by atoms with Gasteiger partial charge in [0.15, 0.2) is 0 Å². The minimum atomic E-state index is 0.424. The molecule has 2 rings (SSSR count). The van der Waals surface area contributed by atoms with Crippen LogP contribution < -0.4 is 5.32 Å². The Bertz CT molecular complexity index is 411. The predicted octanol–water partition coefficient (Wildman–Crippen LogP) is 3.75. The van der Waals surface area contributed by atoms with Crippen LogP contribution in [0.15, 0.2) is 10.7 Å².